The van der Waals surface area contributed by atoms with Crippen LogP contribution in [0.15, 0.2) is 54.6 Å². The fourth-order valence-electron chi connectivity index (χ4n) is 3.93. The minimum atomic E-state index is -1.47. The van der Waals surface area contributed by atoms with Crippen molar-refractivity contribution in [3.05, 3.63) is 71.3 Å². The maximum absolute atomic E-state index is 13.3. The fourth-order valence-corrected chi connectivity index (χ4v) is 3.93. The van der Waals surface area contributed by atoms with E-state index in [0.717, 1.165) is 11.9 Å². The molecule has 1 aliphatic rings. The molecule has 1 aliphatic heterocycles. The zero-order valence-corrected chi connectivity index (χ0v) is 23.3. The summed E-state index contributed by atoms with van der Waals surface area (Å²) in [5.74, 6) is -2.46. The third-order valence-electron chi connectivity index (χ3n) is 5.86. The van der Waals surface area contributed by atoms with E-state index in [9.17, 15) is 24.0 Å². The van der Waals surface area contributed by atoms with E-state index in [4.69, 9.17) is 20.6 Å². The van der Waals surface area contributed by atoms with E-state index in [-0.39, 0.29) is 18.9 Å². The maximum Gasteiger partial charge on any atom is 0.408 e. The SMILES string of the molecule is CC(=O)N(C[C@H](NC(=O)OCc1ccccc1)C(=O)OC(C)(C)C)N1C(=O)N[C@H](Cc2ccc(C(=N)N)cc2)C1=O. The lowest BCUT2D eigenvalue weighted by Crippen LogP contribution is -2.57. The summed E-state index contributed by atoms with van der Waals surface area (Å²) in [6.45, 7) is 5.35. The molecule has 0 saturated carbocycles. The number of hydrogen-bond acceptors (Lipinski definition) is 8. The summed E-state index contributed by atoms with van der Waals surface area (Å²) >= 11 is 0. The molecule has 2 atom stereocenters. The summed E-state index contributed by atoms with van der Waals surface area (Å²) in [5, 5.41) is 13.8. The molecular formula is C28H34N6O7. The summed E-state index contributed by atoms with van der Waals surface area (Å²) in [5.41, 5.74) is 6.44. The predicted molar refractivity (Wildman–Crippen MR) is 147 cm³/mol. The average molecular weight is 567 g/mol. The molecule has 1 fully saturated rings. The van der Waals surface area contributed by atoms with Crippen molar-refractivity contribution in [1.82, 2.24) is 20.7 Å². The molecule has 13 nitrogen and oxygen atoms in total. The Morgan fingerprint density at radius 2 is 1.71 bits per heavy atom. The van der Waals surface area contributed by atoms with Crippen molar-refractivity contribution in [3.63, 3.8) is 0 Å². The molecule has 41 heavy (non-hydrogen) atoms. The zero-order valence-electron chi connectivity index (χ0n) is 23.3. The van der Waals surface area contributed by atoms with Gasteiger partial charge in [-0.05, 0) is 31.9 Å². The average Bonchev–Trinajstić information content (AvgIpc) is 3.17. The number of nitrogens with zero attached hydrogens (tertiary/aromatic N) is 2. The van der Waals surface area contributed by atoms with Gasteiger partial charge in [-0.1, -0.05) is 54.6 Å². The highest BCUT2D eigenvalue weighted by Gasteiger charge is 2.44. The van der Waals surface area contributed by atoms with E-state index < -0.39 is 54.1 Å². The van der Waals surface area contributed by atoms with E-state index in [2.05, 4.69) is 10.6 Å². The third kappa shape index (κ3) is 8.52. The van der Waals surface area contributed by atoms with Crippen LogP contribution in [0.5, 0.6) is 0 Å². The molecule has 0 bridgehead atoms. The first kappa shape index (κ1) is 30.6. The maximum atomic E-state index is 13.3. The second-order valence-electron chi connectivity index (χ2n) is 10.4. The molecule has 13 heteroatoms. The number of rotatable bonds is 10. The highest BCUT2D eigenvalue weighted by Crippen LogP contribution is 2.17. The number of carbonyl (C=O) groups excluding carboxylic acids is 5. The summed E-state index contributed by atoms with van der Waals surface area (Å²) in [6.07, 6.45) is -0.859. The monoisotopic (exact) mass is 566 g/mol. The lowest BCUT2D eigenvalue weighted by molar-refractivity contribution is -0.163. The van der Waals surface area contributed by atoms with Gasteiger partial charge in [-0.25, -0.2) is 19.4 Å². The van der Waals surface area contributed by atoms with Crippen LogP contribution < -0.4 is 16.4 Å². The van der Waals surface area contributed by atoms with Gasteiger partial charge in [0.25, 0.3) is 5.91 Å². The Morgan fingerprint density at radius 3 is 2.27 bits per heavy atom. The van der Waals surface area contributed by atoms with Gasteiger partial charge in [0.15, 0.2) is 0 Å². The molecule has 1 heterocycles. The molecule has 5 amide bonds. The Kier molecular flexibility index (Phi) is 9.66. The van der Waals surface area contributed by atoms with Gasteiger partial charge in [-0.2, -0.15) is 5.01 Å². The van der Waals surface area contributed by atoms with E-state index in [1.165, 1.54) is 0 Å². The van der Waals surface area contributed by atoms with Gasteiger partial charge in [0.1, 0.15) is 30.1 Å². The fraction of sp³-hybridized carbons (Fsp3) is 0.357. The minimum absolute atomic E-state index is 0.0772. The molecule has 1 saturated heterocycles. The Morgan fingerprint density at radius 1 is 1.07 bits per heavy atom. The van der Waals surface area contributed by atoms with Crippen LogP contribution in [0.25, 0.3) is 0 Å². The Bertz CT molecular complexity index is 1310. The normalized spacial score (nSPS) is 15.5. The van der Waals surface area contributed by atoms with Gasteiger partial charge in [0, 0.05) is 18.9 Å². The molecule has 0 spiro atoms. The molecule has 0 unspecified atom stereocenters. The quantitative estimate of drug-likeness (QED) is 0.145. The second-order valence-corrected chi connectivity index (χ2v) is 10.4. The number of hydrazine groups is 1. The van der Waals surface area contributed by atoms with E-state index >= 15 is 0 Å². The Labute approximate surface area is 237 Å². The van der Waals surface area contributed by atoms with Crippen molar-refractivity contribution < 1.29 is 33.4 Å². The number of nitrogens with one attached hydrogen (secondary N) is 3. The molecule has 218 valence electrons. The Balaban J connectivity index is 1.76. The van der Waals surface area contributed by atoms with Crippen LogP contribution in [-0.4, -0.2) is 70.0 Å². The number of alkyl carbamates (subject to hydrolysis) is 1. The van der Waals surface area contributed by atoms with Crippen molar-refractivity contribution in [2.45, 2.75) is 58.4 Å². The molecule has 3 rings (SSSR count). The van der Waals surface area contributed by atoms with Crippen LogP contribution in [0.3, 0.4) is 0 Å². The van der Waals surface area contributed by atoms with Gasteiger partial charge >= 0.3 is 18.1 Å². The number of nitrogens with two attached hydrogens (primary N) is 1. The lowest BCUT2D eigenvalue weighted by Gasteiger charge is -2.32. The molecular weight excluding hydrogens is 532 g/mol. The van der Waals surface area contributed by atoms with Crippen LogP contribution in [0, 0.1) is 5.41 Å². The molecule has 2 aromatic rings. The first-order valence-corrected chi connectivity index (χ1v) is 12.8. The topological polar surface area (TPSA) is 184 Å². The summed E-state index contributed by atoms with van der Waals surface area (Å²) in [7, 11) is 0. The third-order valence-corrected chi connectivity index (χ3v) is 5.86. The van der Waals surface area contributed by atoms with Crippen molar-refractivity contribution in [2.75, 3.05) is 6.54 Å². The number of benzene rings is 2. The van der Waals surface area contributed by atoms with Crippen LogP contribution in [0.2, 0.25) is 0 Å². The lowest BCUT2D eigenvalue weighted by atomic mass is 10.0. The summed E-state index contributed by atoms with van der Waals surface area (Å²) in [4.78, 5) is 64.4. The van der Waals surface area contributed by atoms with Gasteiger partial charge in [0.2, 0.25) is 5.91 Å². The Hall–Kier alpha value is -4.94. The second kappa shape index (κ2) is 12.9. The minimum Gasteiger partial charge on any atom is -0.458 e. The number of urea groups is 1. The predicted octanol–water partition coefficient (Wildman–Crippen LogP) is 1.83. The number of imide groups is 1. The highest BCUT2D eigenvalue weighted by atomic mass is 16.6. The highest BCUT2D eigenvalue weighted by molar-refractivity contribution is 6.05. The molecule has 0 aliphatic carbocycles. The number of hydrogen-bond donors (Lipinski definition) is 4. The van der Waals surface area contributed by atoms with Crippen LogP contribution in [-0.2, 0) is 36.9 Å². The molecule has 2 aromatic carbocycles. The first-order valence-electron chi connectivity index (χ1n) is 12.8. The van der Waals surface area contributed by atoms with Gasteiger partial charge < -0.3 is 25.8 Å². The number of carbonyl (C=O) groups is 5. The van der Waals surface area contributed by atoms with Crippen molar-refractivity contribution in [3.8, 4) is 0 Å². The zero-order chi connectivity index (χ0) is 30.3. The van der Waals surface area contributed by atoms with Crippen LogP contribution >= 0.6 is 0 Å². The number of esters is 1. The van der Waals surface area contributed by atoms with Crippen LogP contribution in [0.4, 0.5) is 9.59 Å². The number of amides is 5. The summed E-state index contributed by atoms with van der Waals surface area (Å²) < 4.78 is 10.6. The van der Waals surface area contributed by atoms with E-state index in [1.807, 2.05) is 6.07 Å². The van der Waals surface area contributed by atoms with Crippen LogP contribution in [0.1, 0.15) is 44.4 Å². The largest absolute Gasteiger partial charge is 0.458 e. The van der Waals surface area contributed by atoms with Crippen molar-refractivity contribution in [2.24, 2.45) is 5.73 Å². The molecule has 5 N–H and O–H groups in total. The van der Waals surface area contributed by atoms with Crippen molar-refractivity contribution in [1.29, 1.82) is 5.41 Å². The number of amidine groups is 1. The van der Waals surface area contributed by atoms with E-state index in [0.29, 0.717) is 21.7 Å². The van der Waals surface area contributed by atoms with Gasteiger partial charge in [-0.3, -0.25) is 15.0 Å². The number of ether oxygens (including phenoxy) is 2. The summed E-state index contributed by atoms with van der Waals surface area (Å²) in [6, 6.07) is 12.1. The first-order chi connectivity index (χ1) is 19.2. The standard InChI is InChI=1S/C28H34N6O7/c1-17(35)33(34-24(36)21(31-26(34)38)14-18-10-12-20(13-11-18)23(29)30)15-22(25(37)41-28(2,3)4)32-27(39)40-16-19-8-6-5-7-9-19/h5-13,21-22H,14-16H2,1-4H3,(H3,29,30)(H,31,38)(H,32,39)/t21-,22+/m1/s1. The van der Waals surface area contributed by atoms with Gasteiger partial charge in [-0.15, -0.1) is 0 Å². The van der Waals surface area contributed by atoms with Gasteiger partial charge in [0.05, 0.1) is 6.54 Å². The number of nitrogen functional groups attached to an aromatic ring is 1. The van der Waals surface area contributed by atoms with E-state index in [1.54, 1.807) is 69.3 Å². The van der Waals surface area contributed by atoms with Crippen molar-refractivity contribution >= 4 is 35.7 Å². The smallest absolute Gasteiger partial charge is 0.408 e. The molecule has 0 aromatic heterocycles. The molecule has 0 radical (unpaired) electrons.